The number of thiocarbonyl (C=S) groups is 1. The van der Waals surface area contributed by atoms with Crippen molar-refractivity contribution in [3.8, 4) is 5.75 Å². The van der Waals surface area contributed by atoms with Gasteiger partial charge < -0.3 is 29.6 Å². The van der Waals surface area contributed by atoms with E-state index in [4.69, 9.17) is 21.7 Å². The van der Waals surface area contributed by atoms with Crippen LogP contribution < -0.4 is 20.3 Å². The van der Waals surface area contributed by atoms with Crippen molar-refractivity contribution in [1.29, 1.82) is 0 Å². The van der Waals surface area contributed by atoms with E-state index in [0.717, 1.165) is 43.1 Å². The van der Waals surface area contributed by atoms with Crippen LogP contribution in [-0.2, 0) is 16.1 Å². The smallest absolute Gasteiger partial charge is 0.262 e. The lowest BCUT2D eigenvalue weighted by Gasteiger charge is -2.29. The SMILES string of the molecule is O=C(COc1ccccc1)Nc1ccc(N2C(=S)N[C@H](c3ccccn3)[C@@H]2c2cccn2C[C@@H]2CCCO2)cc1. The Morgan fingerprint density at radius 3 is 2.62 bits per heavy atom. The zero-order valence-corrected chi connectivity index (χ0v) is 22.8. The average molecular weight is 554 g/mol. The van der Waals surface area contributed by atoms with Crippen LogP contribution >= 0.6 is 12.2 Å². The van der Waals surface area contributed by atoms with Crippen molar-refractivity contribution in [2.24, 2.45) is 0 Å². The summed E-state index contributed by atoms with van der Waals surface area (Å²) < 4.78 is 13.8. The molecule has 2 fully saturated rings. The molecule has 0 bridgehead atoms. The highest BCUT2D eigenvalue weighted by atomic mass is 32.1. The standard InChI is InChI=1S/C31H31N5O3S/c37-28(21-39-24-8-2-1-3-9-24)33-22-13-15-23(16-14-22)36-30(29(34-31(36)40)26-11-4-5-17-32-26)27-12-6-18-35(27)20-25-10-7-19-38-25/h1-6,8-9,11-18,25,29-30H,7,10,19-21H2,(H,33,37)(H,34,40)/t25-,29+,30-/m0/s1. The normalized spacial score (nSPS) is 20.4. The number of aromatic nitrogens is 2. The first-order valence-corrected chi connectivity index (χ1v) is 13.9. The maximum Gasteiger partial charge on any atom is 0.262 e. The van der Waals surface area contributed by atoms with Crippen LogP contribution in [-0.4, -0.2) is 39.9 Å². The lowest BCUT2D eigenvalue weighted by atomic mass is 10.0. The van der Waals surface area contributed by atoms with Crippen LogP contribution in [0.5, 0.6) is 5.75 Å². The summed E-state index contributed by atoms with van der Waals surface area (Å²) in [6, 6.07) is 26.9. The number of amides is 1. The highest BCUT2D eigenvalue weighted by molar-refractivity contribution is 7.80. The van der Waals surface area contributed by atoms with E-state index in [-0.39, 0.29) is 30.7 Å². The molecule has 2 aromatic carbocycles. The van der Waals surface area contributed by atoms with Gasteiger partial charge in [-0.3, -0.25) is 9.78 Å². The van der Waals surface area contributed by atoms with Crippen LogP contribution in [0.25, 0.3) is 0 Å². The van der Waals surface area contributed by atoms with E-state index < -0.39 is 0 Å². The molecule has 6 rings (SSSR count). The topological polar surface area (TPSA) is 80.7 Å². The fourth-order valence-corrected chi connectivity index (χ4v) is 5.72. The van der Waals surface area contributed by atoms with Crippen LogP contribution in [0, 0.1) is 0 Å². The van der Waals surface area contributed by atoms with Crippen LogP contribution in [0.15, 0.2) is 97.3 Å². The van der Waals surface area contributed by atoms with Crippen molar-refractivity contribution in [1.82, 2.24) is 14.9 Å². The molecule has 0 radical (unpaired) electrons. The summed E-state index contributed by atoms with van der Waals surface area (Å²) in [7, 11) is 0. The van der Waals surface area contributed by atoms with Gasteiger partial charge in [0.05, 0.1) is 17.8 Å². The van der Waals surface area contributed by atoms with Gasteiger partial charge in [0, 0.05) is 42.6 Å². The summed E-state index contributed by atoms with van der Waals surface area (Å²) in [5, 5.41) is 7.05. The van der Waals surface area contributed by atoms with E-state index in [1.54, 1.807) is 0 Å². The minimum Gasteiger partial charge on any atom is -0.484 e. The monoisotopic (exact) mass is 553 g/mol. The highest BCUT2D eigenvalue weighted by Gasteiger charge is 2.42. The van der Waals surface area contributed by atoms with E-state index in [1.165, 1.54) is 0 Å². The number of carbonyl (C=O) groups is 1. The number of benzene rings is 2. The fraction of sp³-hybridized carbons (Fsp3) is 0.258. The van der Waals surface area contributed by atoms with Gasteiger partial charge in [-0.1, -0.05) is 24.3 Å². The summed E-state index contributed by atoms with van der Waals surface area (Å²) >= 11 is 5.89. The molecule has 8 nitrogen and oxygen atoms in total. The van der Waals surface area contributed by atoms with Gasteiger partial charge in [0.1, 0.15) is 11.8 Å². The van der Waals surface area contributed by atoms with E-state index in [9.17, 15) is 4.79 Å². The Hall–Kier alpha value is -4.21. The third-order valence-electron chi connectivity index (χ3n) is 7.23. The number of hydrogen-bond donors (Lipinski definition) is 2. The maximum absolute atomic E-state index is 12.5. The first kappa shape index (κ1) is 26.0. The first-order valence-electron chi connectivity index (χ1n) is 13.5. The van der Waals surface area contributed by atoms with Crippen molar-refractivity contribution in [2.75, 3.05) is 23.4 Å². The molecular formula is C31H31N5O3S. The number of pyridine rings is 1. The second-order valence-electron chi connectivity index (χ2n) is 9.91. The lowest BCUT2D eigenvalue weighted by molar-refractivity contribution is -0.118. The number of ether oxygens (including phenoxy) is 2. The molecule has 2 aliphatic rings. The second-order valence-corrected chi connectivity index (χ2v) is 10.3. The van der Waals surface area contributed by atoms with Crippen LogP contribution in [0.1, 0.15) is 36.3 Å². The molecule has 4 heterocycles. The molecule has 2 saturated heterocycles. The molecule has 2 N–H and O–H groups in total. The Morgan fingerprint density at radius 2 is 1.88 bits per heavy atom. The third-order valence-corrected chi connectivity index (χ3v) is 7.55. The van der Waals surface area contributed by atoms with E-state index in [2.05, 4.69) is 43.4 Å². The Balaban J connectivity index is 1.23. The maximum atomic E-state index is 12.5. The Labute approximate surface area is 238 Å². The predicted octanol–water partition coefficient (Wildman–Crippen LogP) is 5.26. The number of anilines is 2. The van der Waals surface area contributed by atoms with Gasteiger partial charge in [-0.15, -0.1) is 0 Å². The van der Waals surface area contributed by atoms with Crippen LogP contribution in [0.4, 0.5) is 11.4 Å². The van der Waals surface area contributed by atoms with E-state index >= 15 is 0 Å². The quantitative estimate of drug-likeness (QED) is 0.274. The van der Waals surface area contributed by atoms with Crippen molar-refractivity contribution in [3.05, 3.63) is 109 Å². The van der Waals surface area contributed by atoms with Gasteiger partial charge >= 0.3 is 0 Å². The largest absolute Gasteiger partial charge is 0.484 e. The molecule has 9 heteroatoms. The van der Waals surface area contributed by atoms with Crippen molar-refractivity contribution < 1.29 is 14.3 Å². The summed E-state index contributed by atoms with van der Waals surface area (Å²) in [6.07, 6.45) is 6.30. The molecule has 204 valence electrons. The minimum absolute atomic E-state index is 0.0680. The van der Waals surface area contributed by atoms with Gasteiger partial charge in [0.15, 0.2) is 11.7 Å². The summed E-state index contributed by atoms with van der Waals surface area (Å²) in [6.45, 7) is 1.55. The number of carbonyl (C=O) groups excluding carboxylic acids is 1. The van der Waals surface area contributed by atoms with Gasteiger partial charge in [-0.2, -0.15) is 0 Å². The fourth-order valence-electron chi connectivity index (χ4n) is 5.37. The zero-order chi connectivity index (χ0) is 27.3. The van der Waals surface area contributed by atoms with Gasteiger partial charge in [-0.25, -0.2) is 0 Å². The first-order chi connectivity index (χ1) is 19.7. The van der Waals surface area contributed by atoms with Crippen molar-refractivity contribution >= 4 is 34.6 Å². The molecule has 0 saturated carbocycles. The molecule has 1 amide bonds. The number of rotatable bonds is 9. The molecule has 2 aromatic heterocycles. The van der Waals surface area contributed by atoms with Crippen LogP contribution in [0.2, 0.25) is 0 Å². The second kappa shape index (κ2) is 11.9. The summed E-state index contributed by atoms with van der Waals surface area (Å²) in [5.41, 5.74) is 3.66. The zero-order valence-electron chi connectivity index (χ0n) is 22.0. The van der Waals surface area contributed by atoms with Crippen molar-refractivity contribution in [3.63, 3.8) is 0 Å². The Kier molecular flexibility index (Phi) is 7.74. The molecule has 3 atom stereocenters. The lowest BCUT2D eigenvalue weighted by Crippen LogP contribution is -2.31. The number of para-hydroxylation sites is 1. The summed E-state index contributed by atoms with van der Waals surface area (Å²) in [5.74, 6) is 0.427. The molecular weight excluding hydrogens is 522 g/mol. The number of nitrogens with one attached hydrogen (secondary N) is 2. The Morgan fingerprint density at radius 1 is 1.05 bits per heavy atom. The molecule has 0 aliphatic carbocycles. The average Bonchev–Trinajstić information content (AvgIpc) is 3.74. The van der Waals surface area contributed by atoms with Gasteiger partial charge in [0.25, 0.3) is 5.91 Å². The summed E-state index contributed by atoms with van der Waals surface area (Å²) in [4.78, 5) is 19.3. The number of hydrogen-bond acceptors (Lipinski definition) is 5. The molecule has 4 aromatic rings. The molecule has 2 aliphatic heterocycles. The molecule has 40 heavy (non-hydrogen) atoms. The number of nitrogens with zero attached hydrogens (tertiary/aromatic N) is 3. The molecule has 0 unspecified atom stereocenters. The molecule has 0 spiro atoms. The minimum atomic E-state index is -0.227. The van der Waals surface area contributed by atoms with E-state index in [0.29, 0.717) is 16.5 Å². The predicted molar refractivity (Wildman–Crippen MR) is 158 cm³/mol. The Bertz CT molecular complexity index is 1440. The van der Waals surface area contributed by atoms with Gasteiger partial charge in [-0.05, 0) is 85.7 Å². The van der Waals surface area contributed by atoms with Crippen molar-refractivity contribution in [2.45, 2.75) is 37.6 Å². The van der Waals surface area contributed by atoms with E-state index in [1.807, 2.05) is 79.0 Å². The highest BCUT2D eigenvalue weighted by Crippen LogP contribution is 2.42. The van der Waals surface area contributed by atoms with Crippen LogP contribution in [0.3, 0.4) is 0 Å². The third kappa shape index (κ3) is 5.71. The van der Waals surface area contributed by atoms with Gasteiger partial charge in [0.2, 0.25) is 0 Å².